The van der Waals surface area contributed by atoms with Gasteiger partial charge in [-0.3, -0.25) is 4.90 Å². The number of furan rings is 1. The van der Waals surface area contributed by atoms with Crippen LogP contribution in [0.4, 0.5) is 0 Å². The predicted molar refractivity (Wildman–Crippen MR) is 82.4 cm³/mol. The van der Waals surface area contributed by atoms with E-state index in [1.165, 1.54) is 10.4 Å². The number of likely N-dealkylation sites (N-methyl/N-ethyl adjacent to an activating group) is 2. The molecule has 1 aromatic rings. The van der Waals surface area contributed by atoms with Crippen molar-refractivity contribution in [2.24, 2.45) is 0 Å². The quantitative estimate of drug-likeness (QED) is 0.811. The Balaban J connectivity index is 2.16. The Kier molecular flexibility index (Phi) is 5.48. The lowest BCUT2D eigenvalue weighted by Crippen LogP contribution is -2.41. The molecule has 0 bridgehead atoms. The third kappa shape index (κ3) is 3.50. The second-order valence-corrected chi connectivity index (χ2v) is 7.95. The molecular weight excluding hydrogens is 360 g/mol. The lowest BCUT2D eigenvalue weighted by molar-refractivity contribution is 0.237. The molecule has 8 heteroatoms. The zero-order chi connectivity index (χ0) is 15.6. The number of sulfonamides is 1. The fraction of sp³-hybridized carbons (Fsp3) is 0.692. The standard InChI is InChI=1S/C13H21BrN2O4S/c1-3-16-6-4-5-10(16)8-15(2)21(18,19)12-7-11(9-17)20-13(12)14/h7,10,17H,3-6,8-9H2,1-2H3. The average Bonchev–Trinajstić information content (AvgIpc) is 3.04. The Bertz CT molecular complexity index is 587. The lowest BCUT2D eigenvalue weighted by Gasteiger charge is -2.27. The zero-order valence-electron chi connectivity index (χ0n) is 12.2. The number of nitrogens with zero attached hydrogens (tertiary/aromatic N) is 2. The van der Waals surface area contributed by atoms with Crippen LogP contribution in [0.5, 0.6) is 0 Å². The molecule has 1 N–H and O–H groups in total. The van der Waals surface area contributed by atoms with Gasteiger partial charge in [-0.1, -0.05) is 6.92 Å². The summed E-state index contributed by atoms with van der Waals surface area (Å²) in [6.07, 6.45) is 2.12. The van der Waals surface area contributed by atoms with Crippen LogP contribution in [-0.4, -0.2) is 55.5 Å². The van der Waals surface area contributed by atoms with Gasteiger partial charge in [0.2, 0.25) is 10.0 Å². The van der Waals surface area contributed by atoms with Crippen LogP contribution in [0.1, 0.15) is 25.5 Å². The highest BCUT2D eigenvalue weighted by atomic mass is 79.9. The minimum atomic E-state index is -3.62. The molecule has 0 spiro atoms. The van der Waals surface area contributed by atoms with Crippen LogP contribution in [0, 0.1) is 0 Å². The third-order valence-corrected chi connectivity index (χ3v) is 6.60. The molecule has 0 radical (unpaired) electrons. The fourth-order valence-corrected chi connectivity index (χ4v) is 4.90. The van der Waals surface area contributed by atoms with Crippen molar-refractivity contribution in [1.29, 1.82) is 0 Å². The summed E-state index contributed by atoms with van der Waals surface area (Å²) in [7, 11) is -2.04. The summed E-state index contributed by atoms with van der Waals surface area (Å²) in [5.74, 6) is 0.227. The average molecular weight is 381 g/mol. The van der Waals surface area contributed by atoms with Crippen LogP contribution in [0.25, 0.3) is 0 Å². The molecule has 6 nitrogen and oxygen atoms in total. The van der Waals surface area contributed by atoms with Crippen molar-refractivity contribution in [3.8, 4) is 0 Å². The summed E-state index contributed by atoms with van der Waals surface area (Å²) in [4.78, 5) is 2.37. The normalized spacial score (nSPS) is 20.5. The van der Waals surface area contributed by atoms with E-state index in [4.69, 9.17) is 9.52 Å². The minimum absolute atomic E-state index is 0.0649. The molecule has 1 fully saturated rings. The summed E-state index contributed by atoms with van der Waals surface area (Å²) < 4.78 is 31.9. The smallest absolute Gasteiger partial charge is 0.247 e. The SMILES string of the molecule is CCN1CCCC1CN(C)S(=O)(=O)c1cc(CO)oc1Br. The molecule has 21 heavy (non-hydrogen) atoms. The Labute approximate surface area is 133 Å². The number of halogens is 1. The Morgan fingerprint density at radius 3 is 2.86 bits per heavy atom. The van der Waals surface area contributed by atoms with Gasteiger partial charge in [0.1, 0.15) is 17.3 Å². The first-order chi connectivity index (χ1) is 9.90. The predicted octanol–water partition coefficient (Wildman–Crippen LogP) is 1.64. The molecule has 1 saturated heterocycles. The van der Waals surface area contributed by atoms with E-state index in [0.29, 0.717) is 6.54 Å². The van der Waals surface area contributed by atoms with Crippen molar-refractivity contribution in [2.75, 3.05) is 26.7 Å². The van der Waals surface area contributed by atoms with Gasteiger partial charge in [-0.25, -0.2) is 8.42 Å². The van der Waals surface area contributed by atoms with Crippen LogP contribution < -0.4 is 0 Å². The van der Waals surface area contributed by atoms with Crippen molar-refractivity contribution in [3.63, 3.8) is 0 Å². The molecule has 1 atom stereocenters. The lowest BCUT2D eigenvalue weighted by atomic mass is 10.2. The molecule has 2 rings (SSSR count). The van der Waals surface area contributed by atoms with Gasteiger partial charge in [0.05, 0.1) is 0 Å². The Morgan fingerprint density at radius 2 is 2.29 bits per heavy atom. The maximum Gasteiger partial charge on any atom is 0.247 e. The molecule has 1 aliphatic heterocycles. The van der Waals surface area contributed by atoms with Crippen molar-refractivity contribution in [1.82, 2.24) is 9.21 Å². The number of aliphatic hydroxyl groups is 1. The number of hydrogen-bond acceptors (Lipinski definition) is 5. The topological polar surface area (TPSA) is 74.0 Å². The first-order valence-electron chi connectivity index (χ1n) is 6.99. The van der Waals surface area contributed by atoms with Crippen molar-refractivity contribution >= 4 is 26.0 Å². The molecular formula is C13H21BrN2O4S. The first-order valence-corrected chi connectivity index (χ1v) is 9.23. The van der Waals surface area contributed by atoms with E-state index >= 15 is 0 Å². The van der Waals surface area contributed by atoms with Crippen molar-refractivity contribution < 1.29 is 17.9 Å². The maximum absolute atomic E-state index is 12.6. The van der Waals surface area contributed by atoms with Gasteiger partial charge in [-0.05, 0) is 41.9 Å². The summed E-state index contributed by atoms with van der Waals surface area (Å²) in [6, 6.07) is 1.63. The maximum atomic E-state index is 12.6. The molecule has 0 aliphatic carbocycles. The molecule has 120 valence electrons. The molecule has 0 saturated carbocycles. The summed E-state index contributed by atoms with van der Waals surface area (Å²) in [5.41, 5.74) is 0. The van der Waals surface area contributed by atoms with E-state index in [9.17, 15) is 8.42 Å². The van der Waals surface area contributed by atoms with Crippen LogP contribution in [0.15, 0.2) is 20.0 Å². The fourth-order valence-electron chi connectivity index (χ4n) is 2.73. The third-order valence-electron chi connectivity index (χ3n) is 3.92. The number of likely N-dealkylation sites (tertiary alicyclic amines) is 1. The monoisotopic (exact) mass is 380 g/mol. The van der Waals surface area contributed by atoms with Crippen LogP contribution >= 0.6 is 15.9 Å². The Morgan fingerprint density at radius 1 is 1.57 bits per heavy atom. The van der Waals surface area contributed by atoms with Crippen LogP contribution in [-0.2, 0) is 16.6 Å². The molecule has 0 amide bonds. The number of rotatable bonds is 6. The second-order valence-electron chi connectivity index (χ2n) is 5.22. The van der Waals surface area contributed by atoms with E-state index in [1.54, 1.807) is 7.05 Å². The van der Waals surface area contributed by atoms with E-state index < -0.39 is 10.0 Å². The van der Waals surface area contributed by atoms with Crippen molar-refractivity contribution in [2.45, 2.75) is 37.3 Å². The van der Waals surface area contributed by atoms with Gasteiger partial charge in [-0.2, -0.15) is 4.31 Å². The number of aliphatic hydroxyl groups excluding tert-OH is 1. The minimum Gasteiger partial charge on any atom is -0.450 e. The van der Waals surface area contributed by atoms with Gasteiger partial charge < -0.3 is 9.52 Å². The zero-order valence-corrected chi connectivity index (χ0v) is 14.7. The molecule has 1 unspecified atom stereocenters. The Hall–Kier alpha value is -0.410. The summed E-state index contributed by atoms with van der Waals surface area (Å²) in [6.45, 7) is 4.18. The van der Waals surface area contributed by atoms with Gasteiger partial charge in [-0.15, -0.1) is 0 Å². The van der Waals surface area contributed by atoms with Gasteiger partial charge >= 0.3 is 0 Å². The first kappa shape index (κ1) is 17.0. The molecule has 2 heterocycles. The van der Waals surface area contributed by atoms with Gasteiger partial charge in [0.15, 0.2) is 4.67 Å². The van der Waals surface area contributed by atoms with E-state index in [0.717, 1.165) is 25.9 Å². The van der Waals surface area contributed by atoms with Gasteiger partial charge in [0, 0.05) is 25.7 Å². The largest absolute Gasteiger partial charge is 0.450 e. The van der Waals surface area contributed by atoms with E-state index in [1.807, 2.05) is 0 Å². The molecule has 0 aromatic carbocycles. The van der Waals surface area contributed by atoms with Crippen LogP contribution in [0.3, 0.4) is 0 Å². The molecule has 1 aliphatic rings. The van der Waals surface area contributed by atoms with Crippen LogP contribution in [0.2, 0.25) is 0 Å². The van der Waals surface area contributed by atoms with Crippen molar-refractivity contribution in [3.05, 3.63) is 16.5 Å². The van der Waals surface area contributed by atoms with E-state index in [2.05, 4.69) is 27.8 Å². The highest BCUT2D eigenvalue weighted by Gasteiger charge is 2.31. The molecule has 1 aromatic heterocycles. The van der Waals surface area contributed by atoms with E-state index in [-0.39, 0.29) is 28.0 Å². The summed E-state index contributed by atoms with van der Waals surface area (Å²) >= 11 is 3.11. The number of hydrogen-bond donors (Lipinski definition) is 1. The highest BCUT2D eigenvalue weighted by Crippen LogP contribution is 2.29. The van der Waals surface area contributed by atoms with Gasteiger partial charge in [0.25, 0.3) is 0 Å². The highest BCUT2D eigenvalue weighted by molar-refractivity contribution is 9.10. The summed E-state index contributed by atoms with van der Waals surface area (Å²) in [5, 5.41) is 9.05. The second kappa shape index (κ2) is 6.78.